The number of nitrogens with zero attached hydrogens (tertiary/aromatic N) is 4. The van der Waals surface area contributed by atoms with Gasteiger partial charge in [-0.25, -0.2) is 0 Å². The normalized spacial score (nSPS) is 18.6. The maximum Gasteiger partial charge on any atom is 0.193 e. The maximum absolute atomic E-state index is 5.95. The predicted octanol–water partition coefficient (Wildman–Crippen LogP) is 2.66. The fraction of sp³-hybridized carbons (Fsp3) is 0.524. The largest absolute Gasteiger partial charge is 0.370 e. The number of aliphatic imine (C=N–C) groups is 1. The molecular formula is C21H31N5O. The van der Waals surface area contributed by atoms with Gasteiger partial charge in [0.25, 0.3) is 0 Å². The Hall–Kier alpha value is -2.34. The Balaban J connectivity index is 1.63. The molecule has 0 bridgehead atoms. The minimum Gasteiger partial charge on any atom is -0.370 e. The van der Waals surface area contributed by atoms with Crippen molar-refractivity contribution in [2.45, 2.75) is 32.3 Å². The van der Waals surface area contributed by atoms with Crippen LogP contribution in [-0.4, -0.2) is 53.9 Å². The third-order valence-electron chi connectivity index (χ3n) is 5.20. The molecule has 6 nitrogen and oxygen atoms in total. The van der Waals surface area contributed by atoms with E-state index in [9.17, 15) is 0 Å². The summed E-state index contributed by atoms with van der Waals surface area (Å²) in [6.07, 6.45) is 3.92. The van der Waals surface area contributed by atoms with E-state index in [2.05, 4.69) is 65.3 Å². The topological polar surface area (TPSA) is 54.7 Å². The van der Waals surface area contributed by atoms with Gasteiger partial charge in [-0.1, -0.05) is 43.7 Å². The molecule has 6 heteroatoms. The van der Waals surface area contributed by atoms with Crippen molar-refractivity contribution >= 4 is 5.96 Å². The summed E-state index contributed by atoms with van der Waals surface area (Å²) in [6.45, 7) is 9.75. The van der Waals surface area contributed by atoms with Gasteiger partial charge in [0, 0.05) is 44.4 Å². The van der Waals surface area contributed by atoms with Gasteiger partial charge in [0.05, 0.1) is 19.3 Å². The summed E-state index contributed by atoms with van der Waals surface area (Å²) in [6, 6.07) is 8.78. The van der Waals surface area contributed by atoms with Crippen LogP contribution in [0.4, 0.5) is 0 Å². The van der Waals surface area contributed by atoms with Crippen LogP contribution in [0, 0.1) is 6.92 Å². The quantitative estimate of drug-likeness (QED) is 0.665. The molecule has 1 aromatic carbocycles. The monoisotopic (exact) mass is 369 g/mol. The third-order valence-corrected chi connectivity index (χ3v) is 5.20. The molecule has 1 aliphatic heterocycles. The fourth-order valence-electron chi connectivity index (χ4n) is 3.39. The molecule has 0 aliphatic carbocycles. The molecule has 1 saturated heterocycles. The Labute approximate surface area is 162 Å². The highest BCUT2D eigenvalue weighted by Gasteiger charge is 2.27. The van der Waals surface area contributed by atoms with Crippen LogP contribution in [-0.2, 0) is 17.2 Å². The average Bonchev–Trinajstić information content (AvgIpc) is 3.09. The molecule has 1 aromatic heterocycles. The number of hydrogen-bond donors (Lipinski definition) is 1. The van der Waals surface area contributed by atoms with E-state index in [1.165, 1.54) is 11.1 Å². The number of morpholine rings is 1. The molecule has 3 rings (SSSR count). The lowest BCUT2D eigenvalue weighted by atomic mass is 9.84. The number of aryl methyl sites for hydroxylation is 2. The summed E-state index contributed by atoms with van der Waals surface area (Å²) in [5.41, 5.74) is 3.73. The van der Waals surface area contributed by atoms with Crippen LogP contribution in [0.2, 0.25) is 0 Å². The second-order valence-electron chi connectivity index (χ2n) is 7.90. The Morgan fingerprint density at radius 1 is 1.33 bits per heavy atom. The van der Waals surface area contributed by atoms with Gasteiger partial charge in [0.1, 0.15) is 6.10 Å². The number of benzene rings is 1. The lowest BCUT2D eigenvalue weighted by Gasteiger charge is -2.36. The molecule has 0 saturated carbocycles. The summed E-state index contributed by atoms with van der Waals surface area (Å²) in [5, 5.41) is 7.83. The van der Waals surface area contributed by atoms with Crippen LogP contribution in [0.1, 0.15) is 36.6 Å². The summed E-state index contributed by atoms with van der Waals surface area (Å²) < 4.78 is 7.76. The van der Waals surface area contributed by atoms with Crippen LogP contribution < -0.4 is 5.32 Å². The van der Waals surface area contributed by atoms with Crippen molar-refractivity contribution in [3.05, 3.63) is 53.3 Å². The van der Waals surface area contributed by atoms with E-state index in [4.69, 9.17) is 4.74 Å². The van der Waals surface area contributed by atoms with Gasteiger partial charge in [-0.15, -0.1) is 0 Å². The number of guanidine groups is 1. The molecule has 1 N–H and O–H groups in total. The molecule has 0 amide bonds. The van der Waals surface area contributed by atoms with Crippen molar-refractivity contribution in [3.8, 4) is 0 Å². The highest BCUT2D eigenvalue weighted by Crippen LogP contribution is 2.24. The van der Waals surface area contributed by atoms with Crippen molar-refractivity contribution in [3.63, 3.8) is 0 Å². The molecule has 27 heavy (non-hydrogen) atoms. The van der Waals surface area contributed by atoms with Gasteiger partial charge >= 0.3 is 0 Å². The first-order valence-corrected chi connectivity index (χ1v) is 9.52. The summed E-state index contributed by atoms with van der Waals surface area (Å²) in [7, 11) is 3.77. The maximum atomic E-state index is 5.95. The molecule has 0 radical (unpaired) electrons. The predicted molar refractivity (Wildman–Crippen MR) is 109 cm³/mol. The molecule has 1 aliphatic rings. The van der Waals surface area contributed by atoms with Gasteiger partial charge < -0.3 is 15.0 Å². The van der Waals surface area contributed by atoms with E-state index >= 15 is 0 Å². The summed E-state index contributed by atoms with van der Waals surface area (Å²) >= 11 is 0. The van der Waals surface area contributed by atoms with Crippen LogP contribution >= 0.6 is 0 Å². The Morgan fingerprint density at radius 3 is 2.70 bits per heavy atom. The Morgan fingerprint density at radius 2 is 2.07 bits per heavy atom. The molecule has 2 aromatic rings. The van der Waals surface area contributed by atoms with Gasteiger partial charge in [0.2, 0.25) is 0 Å². The molecule has 1 unspecified atom stereocenters. The summed E-state index contributed by atoms with van der Waals surface area (Å²) in [5.74, 6) is 0.923. The second-order valence-corrected chi connectivity index (χ2v) is 7.90. The average molecular weight is 370 g/mol. The van der Waals surface area contributed by atoms with E-state index in [0.29, 0.717) is 6.61 Å². The van der Waals surface area contributed by atoms with E-state index < -0.39 is 0 Å². The first-order chi connectivity index (χ1) is 12.9. The van der Waals surface area contributed by atoms with E-state index in [0.717, 1.165) is 31.2 Å². The Bertz CT molecular complexity index is 778. The molecule has 1 atom stereocenters. The zero-order valence-corrected chi connectivity index (χ0v) is 17.1. The minimum atomic E-state index is 0.0126. The highest BCUT2D eigenvalue weighted by atomic mass is 16.5. The van der Waals surface area contributed by atoms with Gasteiger partial charge in [0.15, 0.2) is 5.96 Å². The number of ether oxygens (including phenoxy) is 1. The lowest BCUT2D eigenvalue weighted by molar-refractivity contribution is -0.00808. The van der Waals surface area contributed by atoms with Crippen molar-refractivity contribution in [1.29, 1.82) is 0 Å². The van der Waals surface area contributed by atoms with Crippen molar-refractivity contribution in [1.82, 2.24) is 20.0 Å². The fourth-order valence-corrected chi connectivity index (χ4v) is 3.39. The first kappa shape index (κ1) is 19.4. The second kappa shape index (κ2) is 8.13. The van der Waals surface area contributed by atoms with Crippen LogP contribution in [0.25, 0.3) is 0 Å². The minimum absolute atomic E-state index is 0.0126. The zero-order chi connectivity index (χ0) is 19.4. The number of aromatic nitrogens is 2. The molecule has 0 spiro atoms. The summed E-state index contributed by atoms with van der Waals surface area (Å²) in [4.78, 5) is 6.78. The van der Waals surface area contributed by atoms with Gasteiger partial charge in [-0.05, 0) is 12.5 Å². The number of rotatable bonds is 4. The standard InChI is InChI=1S/C21H31N5O/c1-16-6-8-18(9-7-16)21(2,3)15-23-20(22-4)26-10-11-27-19(14-26)17-12-24-25(5)13-17/h6-9,12-13,19H,10-11,14-15H2,1-5H3,(H,22,23). The van der Waals surface area contributed by atoms with Gasteiger partial charge in [-0.3, -0.25) is 9.67 Å². The number of hydrogen-bond acceptors (Lipinski definition) is 3. The zero-order valence-electron chi connectivity index (χ0n) is 17.1. The van der Waals surface area contributed by atoms with E-state index in [-0.39, 0.29) is 11.5 Å². The van der Waals surface area contributed by atoms with Crippen molar-refractivity contribution in [2.75, 3.05) is 33.3 Å². The lowest BCUT2D eigenvalue weighted by Crippen LogP contribution is -2.50. The number of nitrogens with one attached hydrogen (secondary N) is 1. The van der Waals surface area contributed by atoms with Crippen LogP contribution in [0.5, 0.6) is 0 Å². The van der Waals surface area contributed by atoms with Crippen LogP contribution in [0.3, 0.4) is 0 Å². The first-order valence-electron chi connectivity index (χ1n) is 9.52. The smallest absolute Gasteiger partial charge is 0.193 e. The molecule has 2 heterocycles. The highest BCUT2D eigenvalue weighted by molar-refractivity contribution is 5.80. The molecular weight excluding hydrogens is 338 g/mol. The molecule has 146 valence electrons. The van der Waals surface area contributed by atoms with E-state index in [1.54, 1.807) is 0 Å². The van der Waals surface area contributed by atoms with Crippen molar-refractivity contribution in [2.24, 2.45) is 12.0 Å². The SMILES string of the molecule is CN=C(NCC(C)(C)c1ccc(C)cc1)N1CCOC(c2cnn(C)c2)C1. The third kappa shape index (κ3) is 4.69. The molecule has 1 fully saturated rings. The van der Waals surface area contributed by atoms with E-state index in [1.807, 2.05) is 31.2 Å². The van der Waals surface area contributed by atoms with Crippen molar-refractivity contribution < 1.29 is 4.74 Å². The van der Waals surface area contributed by atoms with Crippen LogP contribution in [0.15, 0.2) is 41.7 Å². The van der Waals surface area contributed by atoms with Gasteiger partial charge in [-0.2, -0.15) is 5.10 Å². The Kier molecular flexibility index (Phi) is 5.85.